The van der Waals surface area contributed by atoms with E-state index in [-0.39, 0.29) is 18.0 Å². The Morgan fingerprint density at radius 3 is 2.25 bits per heavy atom. The van der Waals surface area contributed by atoms with E-state index in [0.29, 0.717) is 12.2 Å². The molecule has 0 aliphatic rings. The molecule has 0 aliphatic carbocycles. The number of hydrogen-bond donors (Lipinski definition) is 1. The van der Waals surface area contributed by atoms with Crippen LogP contribution < -0.4 is 0 Å². The van der Waals surface area contributed by atoms with Crippen LogP contribution in [0.1, 0.15) is 23.6 Å². The minimum atomic E-state index is -1.27. The van der Waals surface area contributed by atoms with E-state index in [4.69, 9.17) is 9.84 Å². The molecule has 0 fully saturated rings. The van der Waals surface area contributed by atoms with Crippen LogP contribution in [0.25, 0.3) is 23.3 Å². The van der Waals surface area contributed by atoms with Crippen LogP contribution in [-0.4, -0.2) is 11.7 Å². The minimum absolute atomic E-state index is 0.0336. The topological polar surface area (TPSA) is 29.5 Å². The molecule has 0 heterocycles. The van der Waals surface area contributed by atoms with Crippen molar-refractivity contribution in [3.63, 3.8) is 0 Å². The van der Waals surface area contributed by atoms with Gasteiger partial charge in [-0.1, -0.05) is 48.6 Å². The van der Waals surface area contributed by atoms with Crippen molar-refractivity contribution in [3.8, 4) is 16.9 Å². The minimum Gasteiger partial charge on any atom is -0.505 e. The summed E-state index contributed by atoms with van der Waals surface area (Å²) in [7, 11) is 0. The van der Waals surface area contributed by atoms with Crippen LogP contribution in [0.15, 0.2) is 54.6 Å². The zero-order valence-corrected chi connectivity index (χ0v) is 15.3. The van der Waals surface area contributed by atoms with Crippen molar-refractivity contribution in [3.05, 3.63) is 88.7 Å². The molecule has 5 heteroatoms. The second-order valence-electron chi connectivity index (χ2n) is 6.20. The highest BCUT2D eigenvalue weighted by atomic mass is 19.2. The number of rotatable bonds is 6. The van der Waals surface area contributed by atoms with Crippen molar-refractivity contribution in [1.29, 1.82) is 0 Å². The van der Waals surface area contributed by atoms with Gasteiger partial charge >= 0.3 is 0 Å². The molecule has 2 nitrogen and oxygen atoms in total. The lowest BCUT2D eigenvalue weighted by molar-refractivity contribution is 0.131. The molecule has 0 aliphatic heterocycles. The van der Waals surface area contributed by atoms with Gasteiger partial charge in [-0.2, -0.15) is 4.39 Å². The monoisotopic (exact) mass is 384 g/mol. The fourth-order valence-electron chi connectivity index (χ4n) is 2.71. The van der Waals surface area contributed by atoms with Crippen LogP contribution in [-0.2, 0) is 11.3 Å². The third kappa shape index (κ3) is 4.43. The number of ether oxygens (including phenoxy) is 1. The normalized spacial score (nSPS) is 11.3. The Bertz CT molecular complexity index is 995. The lowest BCUT2D eigenvalue weighted by Gasteiger charge is -2.07. The number of halogens is 3. The molecular weight excluding hydrogens is 365 g/mol. The highest BCUT2D eigenvalue weighted by molar-refractivity contribution is 5.72. The largest absolute Gasteiger partial charge is 0.505 e. The first-order valence-corrected chi connectivity index (χ1v) is 8.81. The highest BCUT2D eigenvalue weighted by Gasteiger charge is 2.10. The van der Waals surface area contributed by atoms with Crippen molar-refractivity contribution in [2.75, 3.05) is 6.61 Å². The summed E-state index contributed by atoms with van der Waals surface area (Å²) in [6.45, 7) is 2.62. The Morgan fingerprint density at radius 2 is 1.57 bits per heavy atom. The maximum Gasteiger partial charge on any atom is 0.200 e. The van der Waals surface area contributed by atoms with Crippen LogP contribution in [0.4, 0.5) is 13.2 Å². The van der Waals surface area contributed by atoms with Gasteiger partial charge < -0.3 is 9.84 Å². The third-order valence-electron chi connectivity index (χ3n) is 4.31. The van der Waals surface area contributed by atoms with Gasteiger partial charge in [-0.05, 0) is 41.8 Å². The first kappa shape index (κ1) is 19.7. The first-order valence-electron chi connectivity index (χ1n) is 8.81. The van der Waals surface area contributed by atoms with Crippen LogP contribution in [0, 0.1) is 17.5 Å². The number of phenolic OH excluding ortho intramolecular Hbond substituents is 1. The van der Waals surface area contributed by atoms with Crippen LogP contribution in [0.2, 0.25) is 0 Å². The van der Waals surface area contributed by atoms with E-state index < -0.39 is 17.4 Å². The molecule has 28 heavy (non-hydrogen) atoms. The summed E-state index contributed by atoms with van der Waals surface area (Å²) in [6.07, 6.45) is 3.06. The Kier molecular flexibility index (Phi) is 6.16. The summed E-state index contributed by atoms with van der Waals surface area (Å²) in [5.41, 5.74) is 2.88. The molecule has 0 radical (unpaired) electrons. The second kappa shape index (κ2) is 8.76. The molecule has 1 N–H and O–H groups in total. The van der Waals surface area contributed by atoms with E-state index in [1.165, 1.54) is 18.2 Å². The molecule has 144 valence electrons. The molecule has 3 aromatic carbocycles. The summed E-state index contributed by atoms with van der Waals surface area (Å²) >= 11 is 0. The zero-order chi connectivity index (χ0) is 20.1. The Hall–Kier alpha value is -3.05. The average molecular weight is 384 g/mol. The maximum absolute atomic E-state index is 14.2. The van der Waals surface area contributed by atoms with E-state index in [0.717, 1.165) is 22.8 Å². The molecule has 0 bridgehead atoms. The van der Waals surface area contributed by atoms with Gasteiger partial charge in [0.25, 0.3) is 0 Å². The number of aromatic hydroxyl groups is 1. The Morgan fingerprint density at radius 1 is 0.857 bits per heavy atom. The average Bonchev–Trinajstić information content (AvgIpc) is 2.71. The summed E-state index contributed by atoms with van der Waals surface area (Å²) in [4.78, 5) is 0. The predicted octanol–water partition coefficient (Wildman–Crippen LogP) is 6.18. The van der Waals surface area contributed by atoms with Crippen LogP contribution in [0.5, 0.6) is 5.75 Å². The zero-order valence-electron chi connectivity index (χ0n) is 15.3. The molecule has 0 unspecified atom stereocenters. The van der Waals surface area contributed by atoms with Gasteiger partial charge in [0.1, 0.15) is 5.82 Å². The summed E-state index contributed by atoms with van der Waals surface area (Å²) in [6, 6.07) is 14.6. The summed E-state index contributed by atoms with van der Waals surface area (Å²) in [5, 5.41) is 9.15. The van der Waals surface area contributed by atoms with Crippen LogP contribution in [0.3, 0.4) is 0 Å². The van der Waals surface area contributed by atoms with Gasteiger partial charge in [0.15, 0.2) is 11.6 Å². The molecular formula is C23H19F3O2. The molecule has 3 aromatic rings. The Labute approximate surface area is 161 Å². The van der Waals surface area contributed by atoms with E-state index in [1.807, 2.05) is 25.1 Å². The van der Waals surface area contributed by atoms with Gasteiger partial charge in [0, 0.05) is 17.7 Å². The van der Waals surface area contributed by atoms with Gasteiger partial charge in [-0.25, -0.2) is 8.78 Å². The van der Waals surface area contributed by atoms with Crippen molar-refractivity contribution in [1.82, 2.24) is 0 Å². The van der Waals surface area contributed by atoms with Crippen LogP contribution >= 0.6 is 0 Å². The van der Waals surface area contributed by atoms with E-state index in [1.54, 1.807) is 24.3 Å². The SMILES string of the molecule is CCOCc1ccc(-c2ccc(/C=C/c3ccc(O)c(F)c3F)cc2)cc1F. The third-order valence-corrected chi connectivity index (χ3v) is 4.31. The lowest BCUT2D eigenvalue weighted by Crippen LogP contribution is -1.95. The van der Waals surface area contributed by atoms with Gasteiger partial charge in [0.2, 0.25) is 5.82 Å². The Balaban J connectivity index is 1.77. The second-order valence-corrected chi connectivity index (χ2v) is 6.20. The number of benzene rings is 3. The molecule has 0 aromatic heterocycles. The molecule has 3 rings (SSSR count). The highest BCUT2D eigenvalue weighted by Crippen LogP contribution is 2.25. The van der Waals surface area contributed by atoms with E-state index in [9.17, 15) is 13.2 Å². The summed E-state index contributed by atoms with van der Waals surface area (Å²) in [5.74, 6) is -3.42. The lowest BCUT2D eigenvalue weighted by atomic mass is 10.0. The molecule has 0 amide bonds. The van der Waals surface area contributed by atoms with Gasteiger partial charge in [-0.15, -0.1) is 0 Å². The quantitative estimate of drug-likeness (QED) is 0.514. The molecule has 0 saturated carbocycles. The fourth-order valence-corrected chi connectivity index (χ4v) is 2.71. The van der Waals surface area contributed by atoms with Gasteiger partial charge in [-0.3, -0.25) is 0 Å². The predicted molar refractivity (Wildman–Crippen MR) is 104 cm³/mol. The van der Waals surface area contributed by atoms with Crippen molar-refractivity contribution in [2.45, 2.75) is 13.5 Å². The molecule has 0 atom stereocenters. The van der Waals surface area contributed by atoms with E-state index in [2.05, 4.69) is 0 Å². The summed E-state index contributed by atoms with van der Waals surface area (Å²) < 4.78 is 46.6. The standard InChI is InChI=1S/C23H19F3O2/c1-2-28-14-19-10-9-18(13-20(19)24)16-6-3-15(4-7-16)5-8-17-11-12-21(27)23(26)22(17)25/h3-13,27H,2,14H2,1H3/b8-5+. The van der Waals surface area contributed by atoms with Crippen molar-refractivity contribution < 1.29 is 23.0 Å². The van der Waals surface area contributed by atoms with Gasteiger partial charge in [0.05, 0.1) is 6.61 Å². The van der Waals surface area contributed by atoms with Crippen molar-refractivity contribution >= 4 is 12.2 Å². The maximum atomic E-state index is 14.2. The number of hydrogen-bond acceptors (Lipinski definition) is 2. The molecule has 0 saturated heterocycles. The van der Waals surface area contributed by atoms with Crippen molar-refractivity contribution in [2.24, 2.45) is 0 Å². The fraction of sp³-hybridized carbons (Fsp3) is 0.130. The smallest absolute Gasteiger partial charge is 0.200 e. The first-order chi connectivity index (χ1) is 13.5. The number of phenols is 1. The van der Waals surface area contributed by atoms with E-state index >= 15 is 0 Å². The molecule has 0 spiro atoms.